The minimum Gasteiger partial charge on any atom is -0.313 e. The number of pyridine rings is 1. The Balaban J connectivity index is 2.81. The summed E-state index contributed by atoms with van der Waals surface area (Å²) in [6, 6.07) is 3.66. The number of likely N-dealkylation sites (N-methyl/N-ethyl adjacent to an activating group) is 1. The zero-order valence-electron chi connectivity index (χ0n) is 7.29. The molecule has 0 aromatic carbocycles. The molecule has 1 aromatic rings. The second-order valence-corrected chi connectivity index (χ2v) is 2.67. The van der Waals surface area contributed by atoms with Crippen molar-refractivity contribution < 1.29 is 4.79 Å². The molecular formula is C9H12N2O. The molecule has 12 heavy (non-hydrogen) atoms. The van der Waals surface area contributed by atoms with Gasteiger partial charge in [-0.2, -0.15) is 0 Å². The highest BCUT2D eigenvalue weighted by Crippen LogP contribution is 1.99. The van der Waals surface area contributed by atoms with Gasteiger partial charge in [0.05, 0.1) is 6.54 Å². The summed E-state index contributed by atoms with van der Waals surface area (Å²) in [5.74, 6) is 0.0289. The molecule has 1 rings (SSSR count). The summed E-state index contributed by atoms with van der Waals surface area (Å²) in [5.41, 5.74) is 1.59. The normalized spacial score (nSPS) is 9.83. The molecule has 3 heteroatoms. The second-order valence-electron chi connectivity index (χ2n) is 2.67. The van der Waals surface area contributed by atoms with Crippen LogP contribution in [0.25, 0.3) is 0 Å². The summed E-state index contributed by atoms with van der Waals surface area (Å²) >= 11 is 0. The molecule has 0 unspecified atom stereocenters. The molecule has 1 N–H and O–H groups in total. The molecule has 3 nitrogen and oxygen atoms in total. The van der Waals surface area contributed by atoms with E-state index in [-0.39, 0.29) is 5.78 Å². The fraction of sp³-hybridized carbons (Fsp3) is 0.333. The first-order valence-corrected chi connectivity index (χ1v) is 3.84. The van der Waals surface area contributed by atoms with Crippen LogP contribution in [0, 0.1) is 6.92 Å². The zero-order chi connectivity index (χ0) is 8.97. The van der Waals surface area contributed by atoms with Crippen LogP contribution in [0.3, 0.4) is 0 Å². The van der Waals surface area contributed by atoms with Crippen LogP contribution in [0.4, 0.5) is 0 Å². The minimum absolute atomic E-state index is 0.0289. The van der Waals surface area contributed by atoms with Crippen LogP contribution in [0.15, 0.2) is 18.3 Å². The van der Waals surface area contributed by atoms with E-state index in [2.05, 4.69) is 10.3 Å². The number of nitrogens with zero attached hydrogens (tertiary/aromatic N) is 1. The molecule has 0 atom stereocenters. The number of Topliss-reactive ketones (excluding diaryl/α,β-unsaturated/α-hetero) is 1. The van der Waals surface area contributed by atoms with E-state index < -0.39 is 0 Å². The quantitative estimate of drug-likeness (QED) is 0.672. The monoisotopic (exact) mass is 164 g/mol. The summed E-state index contributed by atoms with van der Waals surface area (Å²) < 4.78 is 0. The summed E-state index contributed by atoms with van der Waals surface area (Å²) in [4.78, 5) is 15.2. The van der Waals surface area contributed by atoms with Crippen molar-refractivity contribution >= 4 is 5.78 Å². The van der Waals surface area contributed by atoms with Gasteiger partial charge in [0.25, 0.3) is 0 Å². The fourth-order valence-corrected chi connectivity index (χ4v) is 0.940. The first kappa shape index (κ1) is 8.87. The molecule has 0 aliphatic carbocycles. The van der Waals surface area contributed by atoms with E-state index >= 15 is 0 Å². The third-order valence-corrected chi connectivity index (χ3v) is 1.54. The van der Waals surface area contributed by atoms with E-state index in [4.69, 9.17) is 0 Å². The molecule has 64 valence electrons. The molecule has 0 radical (unpaired) electrons. The lowest BCUT2D eigenvalue weighted by atomic mass is 10.2. The van der Waals surface area contributed by atoms with Gasteiger partial charge in [-0.15, -0.1) is 0 Å². The van der Waals surface area contributed by atoms with E-state index in [9.17, 15) is 4.79 Å². The van der Waals surface area contributed by atoms with Gasteiger partial charge in [0, 0.05) is 6.20 Å². The highest BCUT2D eigenvalue weighted by atomic mass is 16.1. The van der Waals surface area contributed by atoms with E-state index in [1.165, 1.54) is 0 Å². The van der Waals surface area contributed by atoms with Crippen LogP contribution in [0.2, 0.25) is 0 Å². The molecule has 0 fully saturated rings. The summed E-state index contributed by atoms with van der Waals surface area (Å²) in [5, 5.41) is 2.80. The van der Waals surface area contributed by atoms with Gasteiger partial charge in [0.15, 0.2) is 5.78 Å². The van der Waals surface area contributed by atoms with Gasteiger partial charge >= 0.3 is 0 Å². The molecule has 0 saturated carbocycles. The molecule has 0 amide bonds. The molecule has 1 aromatic heterocycles. The number of aryl methyl sites for hydroxylation is 1. The number of hydrogen-bond acceptors (Lipinski definition) is 3. The first-order chi connectivity index (χ1) is 5.74. The van der Waals surface area contributed by atoms with Gasteiger partial charge in [-0.05, 0) is 31.7 Å². The van der Waals surface area contributed by atoms with Crippen molar-refractivity contribution in [1.82, 2.24) is 10.3 Å². The minimum atomic E-state index is 0.0289. The Morgan fingerprint density at radius 2 is 2.42 bits per heavy atom. The van der Waals surface area contributed by atoms with Crippen molar-refractivity contribution in [2.24, 2.45) is 0 Å². The van der Waals surface area contributed by atoms with E-state index in [1.807, 2.05) is 13.0 Å². The maximum absolute atomic E-state index is 11.3. The smallest absolute Gasteiger partial charge is 0.194 e. The Kier molecular flexibility index (Phi) is 2.94. The Morgan fingerprint density at radius 1 is 1.67 bits per heavy atom. The predicted molar refractivity (Wildman–Crippen MR) is 47.2 cm³/mol. The van der Waals surface area contributed by atoms with E-state index in [0.717, 1.165) is 5.56 Å². The predicted octanol–water partition coefficient (Wildman–Crippen LogP) is 0.792. The summed E-state index contributed by atoms with van der Waals surface area (Å²) in [6.07, 6.45) is 1.65. The molecule has 0 spiro atoms. The summed E-state index contributed by atoms with van der Waals surface area (Å²) in [6.45, 7) is 2.29. The lowest BCUT2D eigenvalue weighted by Crippen LogP contribution is -2.19. The van der Waals surface area contributed by atoms with Crippen molar-refractivity contribution in [3.8, 4) is 0 Å². The standard InChI is InChI=1S/C9H12N2O/c1-7-3-4-11-8(5-7)9(12)6-10-2/h3-5,10H,6H2,1-2H3. The fourth-order valence-electron chi connectivity index (χ4n) is 0.940. The molecular weight excluding hydrogens is 152 g/mol. The van der Waals surface area contributed by atoms with Crippen LogP contribution in [-0.4, -0.2) is 24.4 Å². The van der Waals surface area contributed by atoms with Crippen molar-refractivity contribution in [2.45, 2.75) is 6.92 Å². The molecule has 0 saturated heterocycles. The maximum Gasteiger partial charge on any atom is 0.194 e. The van der Waals surface area contributed by atoms with Gasteiger partial charge in [0.1, 0.15) is 5.69 Å². The average molecular weight is 164 g/mol. The van der Waals surface area contributed by atoms with Gasteiger partial charge < -0.3 is 5.32 Å². The number of rotatable bonds is 3. The van der Waals surface area contributed by atoms with Crippen LogP contribution in [0.5, 0.6) is 0 Å². The van der Waals surface area contributed by atoms with Gasteiger partial charge in [0.2, 0.25) is 0 Å². The van der Waals surface area contributed by atoms with Crippen molar-refractivity contribution in [1.29, 1.82) is 0 Å². The summed E-state index contributed by atoms with van der Waals surface area (Å²) in [7, 11) is 1.74. The van der Waals surface area contributed by atoms with E-state index in [1.54, 1.807) is 19.3 Å². The van der Waals surface area contributed by atoms with Crippen LogP contribution < -0.4 is 5.32 Å². The van der Waals surface area contributed by atoms with Crippen LogP contribution in [0.1, 0.15) is 16.1 Å². The molecule has 0 bridgehead atoms. The highest BCUT2D eigenvalue weighted by Gasteiger charge is 2.04. The first-order valence-electron chi connectivity index (χ1n) is 3.84. The number of nitrogens with one attached hydrogen (secondary N) is 1. The van der Waals surface area contributed by atoms with Crippen LogP contribution in [-0.2, 0) is 0 Å². The molecule has 0 aliphatic rings. The van der Waals surface area contributed by atoms with Crippen molar-refractivity contribution in [2.75, 3.05) is 13.6 Å². The Labute approximate surface area is 71.8 Å². The number of carbonyl (C=O) groups is 1. The maximum atomic E-state index is 11.3. The largest absolute Gasteiger partial charge is 0.313 e. The third kappa shape index (κ3) is 2.13. The average Bonchev–Trinajstić information content (AvgIpc) is 2.05. The van der Waals surface area contributed by atoms with Crippen molar-refractivity contribution in [3.05, 3.63) is 29.6 Å². The Morgan fingerprint density at radius 3 is 3.00 bits per heavy atom. The van der Waals surface area contributed by atoms with Crippen LogP contribution >= 0.6 is 0 Å². The number of ketones is 1. The zero-order valence-corrected chi connectivity index (χ0v) is 7.29. The highest BCUT2D eigenvalue weighted by molar-refractivity contribution is 5.95. The van der Waals surface area contributed by atoms with Gasteiger partial charge in [-0.25, -0.2) is 0 Å². The Hall–Kier alpha value is -1.22. The molecule has 0 aliphatic heterocycles. The SMILES string of the molecule is CNCC(=O)c1cc(C)ccn1. The topological polar surface area (TPSA) is 42.0 Å². The number of carbonyl (C=O) groups excluding carboxylic acids is 1. The molecule has 1 heterocycles. The Bertz CT molecular complexity index is 284. The number of aromatic nitrogens is 1. The third-order valence-electron chi connectivity index (χ3n) is 1.54. The van der Waals surface area contributed by atoms with Crippen molar-refractivity contribution in [3.63, 3.8) is 0 Å². The van der Waals surface area contributed by atoms with Gasteiger partial charge in [-0.3, -0.25) is 9.78 Å². The van der Waals surface area contributed by atoms with E-state index in [0.29, 0.717) is 12.2 Å². The van der Waals surface area contributed by atoms with Gasteiger partial charge in [-0.1, -0.05) is 0 Å². The number of hydrogen-bond donors (Lipinski definition) is 1. The lowest BCUT2D eigenvalue weighted by Gasteiger charge is -1.99. The lowest BCUT2D eigenvalue weighted by molar-refractivity contribution is 0.0989. The second kappa shape index (κ2) is 3.97.